The molecule has 0 radical (unpaired) electrons. The van der Waals surface area contributed by atoms with E-state index < -0.39 is 0 Å². The van der Waals surface area contributed by atoms with Gasteiger partial charge in [0.2, 0.25) is 0 Å². The van der Waals surface area contributed by atoms with E-state index in [1.54, 1.807) is 0 Å². The van der Waals surface area contributed by atoms with E-state index in [2.05, 4.69) is 40.0 Å². The first-order valence-electron chi connectivity index (χ1n) is 6.74. The highest BCUT2D eigenvalue weighted by Gasteiger charge is 2.19. The molecule has 1 aliphatic rings. The summed E-state index contributed by atoms with van der Waals surface area (Å²) in [6, 6.07) is 4.20. The highest BCUT2D eigenvalue weighted by molar-refractivity contribution is 8.00. The molecule has 0 saturated carbocycles. The zero-order valence-corrected chi connectivity index (χ0v) is 12.2. The second kappa shape index (κ2) is 7.12. The maximum absolute atomic E-state index is 4.55. The third kappa shape index (κ3) is 3.70. The van der Waals surface area contributed by atoms with Crippen LogP contribution in [0.1, 0.15) is 24.6 Å². The van der Waals surface area contributed by atoms with Gasteiger partial charge in [-0.05, 0) is 25.1 Å². The third-order valence-corrected chi connectivity index (χ3v) is 4.78. The van der Waals surface area contributed by atoms with Crippen LogP contribution < -0.4 is 5.32 Å². The SMILES string of the molecule is CCC1CN(Cc2ncccc2CNC)CCS1. The smallest absolute Gasteiger partial charge is 0.0588 e. The van der Waals surface area contributed by atoms with Crippen molar-refractivity contribution in [2.24, 2.45) is 0 Å². The number of nitrogens with one attached hydrogen (secondary N) is 1. The van der Waals surface area contributed by atoms with Crippen LogP contribution in [-0.2, 0) is 13.1 Å². The molecular formula is C14H23N3S. The van der Waals surface area contributed by atoms with Gasteiger partial charge in [-0.25, -0.2) is 0 Å². The molecule has 0 bridgehead atoms. The van der Waals surface area contributed by atoms with E-state index in [9.17, 15) is 0 Å². The van der Waals surface area contributed by atoms with Crippen LogP contribution in [0.3, 0.4) is 0 Å². The Bertz CT molecular complexity index is 370. The lowest BCUT2D eigenvalue weighted by Crippen LogP contribution is -2.37. The number of nitrogens with zero attached hydrogens (tertiary/aromatic N) is 2. The molecule has 1 fully saturated rings. The van der Waals surface area contributed by atoms with Crippen LogP contribution in [-0.4, -0.2) is 41.0 Å². The Morgan fingerprint density at radius 1 is 1.56 bits per heavy atom. The summed E-state index contributed by atoms with van der Waals surface area (Å²) in [5.74, 6) is 1.26. The predicted octanol–water partition coefficient (Wildman–Crippen LogP) is 2.13. The molecule has 4 heteroatoms. The zero-order chi connectivity index (χ0) is 12.8. The van der Waals surface area contributed by atoms with Gasteiger partial charge in [0, 0.05) is 43.4 Å². The fraction of sp³-hybridized carbons (Fsp3) is 0.643. The van der Waals surface area contributed by atoms with E-state index in [1.807, 2.05) is 19.3 Å². The van der Waals surface area contributed by atoms with Gasteiger partial charge >= 0.3 is 0 Å². The van der Waals surface area contributed by atoms with Gasteiger partial charge in [0.1, 0.15) is 0 Å². The van der Waals surface area contributed by atoms with Crippen molar-refractivity contribution < 1.29 is 0 Å². The van der Waals surface area contributed by atoms with Crippen molar-refractivity contribution in [3.8, 4) is 0 Å². The molecule has 1 aromatic rings. The number of hydrogen-bond acceptors (Lipinski definition) is 4. The topological polar surface area (TPSA) is 28.2 Å². The number of rotatable bonds is 5. The minimum atomic E-state index is 0.801. The fourth-order valence-electron chi connectivity index (χ4n) is 2.35. The quantitative estimate of drug-likeness (QED) is 0.883. The van der Waals surface area contributed by atoms with E-state index in [-0.39, 0.29) is 0 Å². The highest BCUT2D eigenvalue weighted by Crippen LogP contribution is 2.22. The van der Waals surface area contributed by atoms with Crippen LogP contribution >= 0.6 is 11.8 Å². The molecular weight excluding hydrogens is 242 g/mol. The van der Waals surface area contributed by atoms with E-state index in [0.29, 0.717) is 0 Å². The summed E-state index contributed by atoms with van der Waals surface area (Å²) in [4.78, 5) is 7.10. The lowest BCUT2D eigenvalue weighted by molar-refractivity contribution is 0.269. The van der Waals surface area contributed by atoms with E-state index in [4.69, 9.17) is 0 Å². The predicted molar refractivity (Wildman–Crippen MR) is 78.8 cm³/mol. The Kier molecular flexibility index (Phi) is 5.47. The molecule has 1 unspecified atom stereocenters. The van der Waals surface area contributed by atoms with Crippen LogP contribution in [0.25, 0.3) is 0 Å². The first-order valence-corrected chi connectivity index (χ1v) is 7.79. The van der Waals surface area contributed by atoms with Crippen molar-refractivity contribution in [3.05, 3.63) is 29.6 Å². The average molecular weight is 265 g/mol. The van der Waals surface area contributed by atoms with E-state index in [0.717, 1.165) is 18.3 Å². The molecule has 1 N–H and O–H groups in total. The van der Waals surface area contributed by atoms with Crippen molar-refractivity contribution in [1.29, 1.82) is 0 Å². The second-order valence-corrected chi connectivity index (χ2v) is 6.18. The number of aromatic nitrogens is 1. The molecule has 0 spiro atoms. The Hall–Kier alpha value is -0.580. The van der Waals surface area contributed by atoms with Crippen LogP contribution in [0.5, 0.6) is 0 Å². The molecule has 18 heavy (non-hydrogen) atoms. The first-order chi connectivity index (χ1) is 8.83. The highest BCUT2D eigenvalue weighted by atomic mass is 32.2. The molecule has 100 valence electrons. The van der Waals surface area contributed by atoms with Gasteiger partial charge < -0.3 is 5.32 Å². The molecule has 1 atom stereocenters. The molecule has 2 rings (SSSR count). The summed E-state index contributed by atoms with van der Waals surface area (Å²) in [6.07, 6.45) is 3.18. The molecule has 3 nitrogen and oxygen atoms in total. The minimum absolute atomic E-state index is 0.801. The van der Waals surface area contributed by atoms with Crippen LogP contribution in [0.4, 0.5) is 0 Å². The summed E-state index contributed by atoms with van der Waals surface area (Å²) in [7, 11) is 1.99. The van der Waals surface area contributed by atoms with Crippen molar-refractivity contribution in [1.82, 2.24) is 15.2 Å². The number of pyridine rings is 1. The Labute approximate surface area is 114 Å². The van der Waals surface area contributed by atoms with Crippen LogP contribution in [0.2, 0.25) is 0 Å². The lowest BCUT2D eigenvalue weighted by Gasteiger charge is -2.31. The Balaban J connectivity index is 1.99. The zero-order valence-electron chi connectivity index (χ0n) is 11.4. The Morgan fingerprint density at radius 3 is 3.22 bits per heavy atom. The molecule has 2 heterocycles. The van der Waals surface area contributed by atoms with Crippen LogP contribution in [0, 0.1) is 0 Å². The molecule has 1 saturated heterocycles. The van der Waals surface area contributed by atoms with Gasteiger partial charge in [-0.3, -0.25) is 9.88 Å². The van der Waals surface area contributed by atoms with Gasteiger partial charge in [-0.2, -0.15) is 11.8 Å². The average Bonchev–Trinajstić information content (AvgIpc) is 2.41. The maximum atomic E-state index is 4.55. The monoisotopic (exact) mass is 265 g/mol. The summed E-state index contributed by atoms with van der Waals surface area (Å²) < 4.78 is 0. The minimum Gasteiger partial charge on any atom is -0.316 e. The normalized spacial score (nSPS) is 21.1. The van der Waals surface area contributed by atoms with Gasteiger partial charge in [-0.15, -0.1) is 0 Å². The van der Waals surface area contributed by atoms with E-state index in [1.165, 1.54) is 36.5 Å². The summed E-state index contributed by atoms with van der Waals surface area (Å²) >= 11 is 2.12. The summed E-state index contributed by atoms with van der Waals surface area (Å²) in [5, 5.41) is 4.02. The van der Waals surface area contributed by atoms with Gasteiger partial charge in [0.05, 0.1) is 5.69 Å². The molecule has 0 aliphatic carbocycles. The molecule has 0 aromatic carbocycles. The maximum Gasteiger partial charge on any atom is 0.0588 e. The van der Waals surface area contributed by atoms with Crippen molar-refractivity contribution in [2.75, 3.05) is 25.9 Å². The standard InChI is InChI=1S/C14H23N3S/c1-3-13-10-17(7-8-18-13)11-14-12(9-15-2)5-4-6-16-14/h4-6,13,15H,3,7-11H2,1-2H3. The number of hydrogen-bond donors (Lipinski definition) is 1. The van der Waals surface area contributed by atoms with Gasteiger partial charge in [-0.1, -0.05) is 13.0 Å². The van der Waals surface area contributed by atoms with Crippen molar-refractivity contribution in [2.45, 2.75) is 31.7 Å². The fourth-order valence-corrected chi connectivity index (χ4v) is 3.60. The van der Waals surface area contributed by atoms with Crippen molar-refractivity contribution in [3.63, 3.8) is 0 Å². The first kappa shape index (κ1) is 13.8. The number of thioether (sulfide) groups is 1. The molecule has 1 aliphatic heterocycles. The van der Waals surface area contributed by atoms with E-state index >= 15 is 0 Å². The van der Waals surface area contributed by atoms with Gasteiger partial charge in [0.25, 0.3) is 0 Å². The summed E-state index contributed by atoms with van der Waals surface area (Å²) in [5.41, 5.74) is 2.56. The second-order valence-electron chi connectivity index (χ2n) is 4.78. The Morgan fingerprint density at radius 2 is 2.44 bits per heavy atom. The molecule has 0 amide bonds. The van der Waals surface area contributed by atoms with Gasteiger partial charge in [0.15, 0.2) is 0 Å². The third-order valence-electron chi connectivity index (χ3n) is 3.40. The molecule has 1 aromatic heterocycles. The lowest BCUT2D eigenvalue weighted by atomic mass is 10.1. The van der Waals surface area contributed by atoms with Crippen molar-refractivity contribution >= 4 is 11.8 Å². The summed E-state index contributed by atoms with van der Waals surface area (Å²) in [6.45, 7) is 6.58. The van der Waals surface area contributed by atoms with Crippen LogP contribution in [0.15, 0.2) is 18.3 Å². The largest absolute Gasteiger partial charge is 0.316 e.